The topological polar surface area (TPSA) is 12.0 Å². The summed E-state index contributed by atoms with van der Waals surface area (Å²) in [5.41, 5.74) is 2.44. The Kier molecular flexibility index (Phi) is 5.30. The average Bonchev–Trinajstić information content (AvgIpc) is 2.29. The van der Waals surface area contributed by atoms with E-state index >= 15 is 0 Å². The van der Waals surface area contributed by atoms with E-state index in [2.05, 4.69) is 37.4 Å². The maximum absolute atomic E-state index is 6.18. The molecule has 1 unspecified atom stereocenters. The Morgan fingerprint density at radius 3 is 2.31 bits per heavy atom. The lowest BCUT2D eigenvalue weighted by molar-refractivity contribution is 0.359. The van der Waals surface area contributed by atoms with Crippen molar-refractivity contribution in [2.75, 3.05) is 7.05 Å². The highest BCUT2D eigenvalue weighted by Crippen LogP contribution is 2.29. The third-order valence-corrected chi connectivity index (χ3v) is 3.79. The van der Waals surface area contributed by atoms with Gasteiger partial charge in [-0.3, -0.25) is 0 Å². The summed E-state index contributed by atoms with van der Waals surface area (Å²) in [6.45, 7) is 6.53. The van der Waals surface area contributed by atoms with Crippen LogP contribution >= 0.6 is 11.6 Å². The van der Waals surface area contributed by atoms with Crippen LogP contribution in [0.4, 0.5) is 0 Å². The molecule has 0 amide bonds. The lowest BCUT2D eigenvalue weighted by Gasteiger charge is -2.25. The molecule has 0 bridgehead atoms. The Bertz CT molecular complexity index is 332. The highest BCUT2D eigenvalue weighted by atomic mass is 35.5. The van der Waals surface area contributed by atoms with Crippen LogP contribution in [0.15, 0.2) is 18.2 Å². The van der Waals surface area contributed by atoms with Crippen LogP contribution in [0.2, 0.25) is 5.02 Å². The van der Waals surface area contributed by atoms with Gasteiger partial charge in [0.25, 0.3) is 0 Å². The van der Waals surface area contributed by atoms with Gasteiger partial charge >= 0.3 is 0 Å². The van der Waals surface area contributed by atoms with E-state index in [1.54, 1.807) is 0 Å². The Balaban J connectivity index is 2.98. The van der Waals surface area contributed by atoms with Crippen molar-refractivity contribution in [1.29, 1.82) is 0 Å². The second-order valence-corrected chi connectivity index (χ2v) is 4.76. The van der Waals surface area contributed by atoms with Crippen molar-refractivity contribution in [3.8, 4) is 0 Å². The molecule has 1 atom stereocenters. The first-order valence-electron chi connectivity index (χ1n) is 6.07. The minimum Gasteiger partial charge on any atom is -0.313 e. The van der Waals surface area contributed by atoms with Crippen LogP contribution in [0.5, 0.6) is 0 Å². The van der Waals surface area contributed by atoms with Gasteiger partial charge < -0.3 is 5.32 Å². The first-order valence-corrected chi connectivity index (χ1v) is 6.45. The molecule has 1 aromatic rings. The van der Waals surface area contributed by atoms with Gasteiger partial charge in [0.1, 0.15) is 0 Å². The third-order valence-electron chi connectivity index (χ3n) is 3.39. The molecule has 16 heavy (non-hydrogen) atoms. The fourth-order valence-electron chi connectivity index (χ4n) is 2.24. The molecule has 0 saturated heterocycles. The zero-order valence-corrected chi connectivity index (χ0v) is 11.4. The number of nitrogens with one attached hydrogen (secondary N) is 1. The van der Waals surface area contributed by atoms with E-state index < -0.39 is 0 Å². The molecule has 1 aromatic carbocycles. The number of hydrogen-bond acceptors (Lipinski definition) is 1. The predicted octanol–water partition coefficient (Wildman–Crippen LogP) is 4.35. The smallest absolute Gasteiger partial charge is 0.0438 e. The van der Waals surface area contributed by atoms with Crippen molar-refractivity contribution in [1.82, 2.24) is 5.32 Å². The number of halogens is 1. The monoisotopic (exact) mass is 239 g/mol. The fraction of sp³-hybridized carbons (Fsp3) is 0.571. The fourth-order valence-corrected chi connectivity index (χ4v) is 2.43. The van der Waals surface area contributed by atoms with E-state index in [1.165, 1.54) is 18.4 Å². The van der Waals surface area contributed by atoms with Crippen LogP contribution in [-0.4, -0.2) is 7.05 Å². The Morgan fingerprint density at radius 1 is 1.25 bits per heavy atom. The summed E-state index contributed by atoms with van der Waals surface area (Å²) >= 11 is 6.18. The Hall–Kier alpha value is -0.530. The van der Waals surface area contributed by atoms with E-state index in [4.69, 9.17) is 11.6 Å². The van der Waals surface area contributed by atoms with Gasteiger partial charge in [-0.25, -0.2) is 0 Å². The van der Waals surface area contributed by atoms with E-state index in [-0.39, 0.29) is 0 Å². The van der Waals surface area contributed by atoms with Crippen molar-refractivity contribution >= 4 is 11.6 Å². The second kappa shape index (κ2) is 6.27. The van der Waals surface area contributed by atoms with E-state index in [1.807, 2.05) is 14.0 Å². The molecule has 1 nitrogen and oxygen atoms in total. The molecular weight excluding hydrogens is 218 g/mol. The van der Waals surface area contributed by atoms with Gasteiger partial charge in [0.2, 0.25) is 0 Å². The van der Waals surface area contributed by atoms with E-state index in [9.17, 15) is 0 Å². The van der Waals surface area contributed by atoms with Gasteiger partial charge in [0.05, 0.1) is 0 Å². The predicted molar refractivity (Wildman–Crippen MR) is 72.1 cm³/mol. The SMILES string of the molecule is CCC(CC)C(NC)c1ccc(C)c(Cl)c1. The van der Waals surface area contributed by atoms with Crippen LogP contribution in [-0.2, 0) is 0 Å². The van der Waals surface area contributed by atoms with Crippen LogP contribution < -0.4 is 5.32 Å². The Labute approximate surface area is 104 Å². The normalized spacial score (nSPS) is 13.1. The van der Waals surface area contributed by atoms with Gasteiger partial charge in [-0.2, -0.15) is 0 Å². The van der Waals surface area contributed by atoms with Crippen molar-refractivity contribution in [2.45, 2.75) is 39.7 Å². The number of aryl methyl sites for hydroxylation is 1. The third kappa shape index (κ3) is 2.99. The molecule has 1 rings (SSSR count). The molecule has 0 radical (unpaired) electrons. The molecule has 1 N–H and O–H groups in total. The molecule has 0 aliphatic rings. The van der Waals surface area contributed by atoms with Gasteiger partial charge in [0.15, 0.2) is 0 Å². The van der Waals surface area contributed by atoms with Crippen molar-refractivity contribution in [3.05, 3.63) is 34.3 Å². The minimum atomic E-state index is 0.410. The second-order valence-electron chi connectivity index (χ2n) is 4.35. The summed E-state index contributed by atoms with van der Waals surface area (Å²) in [5.74, 6) is 0.670. The van der Waals surface area contributed by atoms with Crippen LogP contribution in [0.1, 0.15) is 43.9 Å². The number of rotatable bonds is 5. The largest absolute Gasteiger partial charge is 0.313 e. The molecule has 2 heteroatoms. The highest BCUT2D eigenvalue weighted by molar-refractivity contribution is 6.31. The maximum atomic E-state index is 6.18. The molecule has 0 heterocycles. The van der Waals surface area contributed by atoms with E-state index in [0.717, 1.165) is 10.6 Å². The summed E-state index contributed by atoms with van der Waals surface area (Å²) in [6, 6.07) is 6.79. The van der Waals surface area contributed by atoms with Gasteiger partial charge in [-0.15, -0.1) is 0 Å². The number of hydrogen-bond donors (Lipinski definition) is 1. The maximum Gasteiger partial charge on any atom is 0.0438 e. The highest BCUT2D eigenvalue weighted by Gasteiger charge is 2.18. The van der Waals surface area contributed by atoms with Crippen molar-refractivity contribution < 1.29 is 0 Å². The molecule has 90 valence electrons. The van der Waals surface area contributed by atoms with Gasteiger partial charge in [-0.1, -0.05) is 50.4 Å². The van der Waals surface area contributed by atoms with Gasteiger partial charge in [-0.05, 0) is 37.1 Å². The summed E-state index contributed by atoms with van der Waals surface area (Å²) in [6.07, 6.45) is 2.38. The van der Waals surface area contributed by atoms with Crippen molar-refractivity contribution in [2.24, 2.45) is 5.92 Å². The van der Waals surface area contributed by atoms with Crippen molar-refractivity contribution in [3.63, 3.8) is 0 Å². The standard InChI is InChI=1S/C14H22ClN/c1-5-11(6-2)14(16-4)12-8-7-10(3)13(15)9-12/h7-9,11,14,16H,5-6H2,1-4H3. The summed E-state index contributed by atoms with van der Waals surface area (Å²) in [4.78, 5) is 0. The molecule has 0 fully saturated rings. The van der Waals surface area contributed by atoms with Crippen LogP contribution in [0.25, 0.3) is 0 Å². The molecule has 0 aromatic heterocycles. The first kappa shape index (κ1) is 13.5. The zero-order chi connectivity index (χ0) is 12.1. The minimum absolute atomic E-state index is 0.410. The average molecular weight is 240 g/mol. The van der Waals surface area contributed by atoms with Crippen LogP contribution in [0, 0.1) is 12.8 Å². The quantitative estimate of drug-likeness (QED) is 0.806. The molecular formula is C14H22ClN. The van der Waals surface area contributed by atoms with Crippen LogP contribution in [0.3, 0.4) is 0 Å². The molecule has 0 aliphatic carbocycles. The first-order chi connectivity index (χ1) is 7.63. The Morgan fingerprint density at radius 2 is 1.88 bits per heavy atom. The number of benzene rings is 1. The molecule has 0 spiro atoms. The lowest BCUT2D eigenvalue weighted by atomic mass is 9.88. The molecule has 0 aliphatic heterocycles. The summed E-state index contributed by atoms with van der Waals surface area (Å²) in [5, 5.41) is 4.27. The zero-order valence-electron chi connectivity index (χ0n) is 10.7. The lowest BCUT2D eigenvalue weighted by Crippen LogP contribution is -2.24. The van der Waals surface area contributed by atoms with Gasteiger partial charge in [0, 0.05) is 11.1 Å². The summed E-state index contributed by atoms with van der Waals surface area (Å²) < 4.78 is 0. The molecule has 0 saturated carbocycles. The summed E-state index contributed by atoms with van der Waals surface area (Å²) in [7, 11) is 2.02. The van der Waals surface area contributed by atoms with E-state index in [0.29, 0.717) is 12.0 Å².